The number of benzene rings is 2. The number of halogens is 1. The Morgan fingerprint density at radius 1 is 1.07 bits per heavy atom. The molecule has 0 N–H and O–H groups in total. The van der Waals surface area contributed by atoms with E-state index in [4.69, 9.17) is 16.3 Å². The first-order valence-corrected chi connectivity index (χ1v) is 9.74. The van der Waals surface area contributed by atoms with Crippen molar-refractivity contribution in [3.63, 3.8) is 0 Å². The topological polar surface area (TPSA) is 74.8 Å². The van der Waals surface area contributed by atoms with Gasteiger partial charge in [-0.05, 0) is 65.2 Å². The molecule has 4 aromatic rings. The average molecular weight is 422 g/mol. The van der Waals surface area contributed by atoms with Crippen LogP contribution in [0.4, 0.5) is 0 Å². The molecule has 0 atom stereocenters. The Morgan fingerprint density at radius 2 is 1.90 bits per heavy atom. The minimum absolute atomic E-state index is 0.291. The third-order valence-corrected chi connectivity index (χ3v) is 5.29. The van der Waals surface area contributed by atoms with Crippen LogP contribution in [0.5, 0.6) is 5.75 Å². The zero-order valence-electron chi connectivity index (χ0n) is 16.8. The van der Waals surface area contributed by atoms with Crippen LogP contribution >= 0.6 is 11.6 Å². The molecule has 8 heteroatoms. The Hall–Kier alpha value is -3.45. The van der Waals surface area contributed by atoms with Crippen molar-refractivity contribution in [1.82, 2.24) is 24.8 Å². The van der Waals surface area contributed by atoms with Gasteiger partial charge in [-0.25, -0.2) is 4.79 Å². The highest BCUT2D eigenvalue weighted by atomic mass is 35.5. The zero-order chi connectivity index (χ0) is 21.3. The lowest BCUT2D eigenvalue weighted by Gasteiger charge is -2.15. The van der Waals surface area contributed by atoms with E-state index in [1.54, 1.807) is 25.5 Å². The van der Waals surface area contributed by atoms with Crippen molar-refractivity contribution in [3.8, 4) is 22.6 Å². The summed E-state index contributed by atoms with van der Waals surface area (Å²) in [6.07, 6.45) is 3.41. The molecule has 0 fully saturated rings. The summed E-state index contributed by atoms with van der Waals surface area (Å²) in [7, 11) is 1.57. The van der Waals surface area contributed by atoms with E-state index in [9.17, 15) is 4.79 Å². The van der Waals surface area contributed by atoms with Gasteiger partial charge in [0.25, 0.3) is 0 Å². The summed E-state index contributed by atoms with van der Waals surface area (Å²) in [5.41, 5.74) is 5.04. The molecule has 0 bridgehead atoms. The molecular weight excluding hydrogens is 402 g/mol. The van der Waals surface area contributed by atoms with Crippen molar-refractivity contribution in [3.05, 3.63) is 87.1 Å². The first-order chi connectivity index (χ1) is 14.5. The lowest BCUT2D eigenvalue weighted by Crippen LogP contribution is -2.23. The number of aryl methyl sites for hydroxylation is 3. The molecule has 0 aliphatic carbocycles. The second kappa shape index (κ2) is 8.12. The summed E-state index contributed by atoms with van der Waals surface area (Å²) in [4.78, 5) is 16.5. The summed E-state index contributed by atoms with van der Waals surface area (Å²) in [6.45, 7) is 4.25. The number of rotatable bonds is 5. The normalized spacial score (nSPS) is 10.9. The molecule has 0 aliphatic heterocycles. The largest absolute Gasteiger partial charge is 0.489 e. The monoisotopic (exact) mass is 421 g/mol. The highest BCUT2D eigenvalue weighted by molar-refractivity contribution is 6.33. The van der Waals surface area contributed by atoms with Crippen molar-refractivity contribution >= 4 is 11.6 Å². The number of hydrogen-bond donors (Lipinski definition) is 0. The van der Waals surface area contributed by atoms with Crippen LogP contribution < -0.4 is 10.4 Å². The quantitative estimate of drug-likeness (QED) is 0.489. The van der Waals surface area contributed by atoms with Gasteiger partial charge in [-0.15, -0.1) is 0 Å². The minimum Gasteiger partial charge on any atom is -0.489 e. The molecule has 0 spiro atoms. The standard InChI is InChI=1S/C22H20ClN5O2/c1-14-5-4-6-20(28-22(29)27(3)25-26-28)18(14)13-30-21-8-7-16(11-15(21)2)17-12-24-10-9-19(17)23/h4-12H,13H2,1-3H3. The van der Waals surface area contributed by atoms with Crippen LogP contribution in [0.1, 0.15) is 16.7 Å². The smallest absolute Gasteiger partial charge is 0.368 e. The van der Waals surface area contributed by atoms with E-state index in [1.165, 1.54) is 9.36 Å². The van der Waals surface area contributed by atoms with E-state index in [-0.39, 0.29) is 5.69 Å². The van der Waals surface area contributed by atoms with Crippen molar-refractivity contribution in [2.24, 2.45) is 7.05 Å². The fourth-order valence-electron chi connectivity index (χ4n) is 3.26. The molecule has 7 nitrogen and oxygen atoms in total. The van der Waals surface area contributed by atoms with E-state index >= 15 is 0 Å². The summed E-state index contributed by atoms with van der Waals surface area (Å²) in [5.74, 6) is 0.749. The fraction of sp³-hybridized carbons (Fsp3) is 0.182. The van der Waals surface area contributed by atoms with Gasteiger partial charge in [-0.2, -0.15) is 9.36 Å². The summed E-state index contributed by atoms with van der Waals surface area (Å²) in [6, 6.07) is 13.4. The van der Waals surface area contributed by atoms with Crippen LogP contribution in [0.2, 0.25) is 5.02 Å². The van der Waals surface area contributed by atoms with Gasteiger partial charge in [-0.3, -0.25) is 4.98 Å². The Morgan fingerprint density at radius 3 is 2.60 bits per heavy atom. The molecule has 4 rings (SSSR count). The zero-order valence-corrected chi connectivity index (χ0v) is 17.6. The van der Waals surface area contributed by atoms with Gasteiger partial charge in [0, 0.05) is 30.6 Å². The predicted octanol–water partition coefficient (Wildman–Crippen LogP) is 3.88. The van der Waals surface area contributed by atoms with Gasteiger partial charge in [0.2, 0.25) is 0 Å². The SMILES string of the molecule is Cc1cc(-c2cnccc2Cl)ccc1OCc1c(C)cccc1-n1nnn(C)c1=O. The van der Waals surface area contributed by atoms with E-state index in [0.29, 0.717) is 17.3 Å². The third kappa shape index (κ3) is 3.71. The van der Waals surface area contributed by atoms with Crippen molar-refractivity contribution < 1.29 is 4.74 Å². The van der Waals surface area contributed by atoms with Gasteiger partial charge in [0.15, 0.2) is 0 Å². The number of ether oxygens (including phenoxy) is 1. The van der Waals surface area contributed by atoms with E-state index in [0.717, 1.165) is 33.6 Å². The first-order valence-electron chi connectivity index (χ1n) is 9.37. The van der Waals surface area contributed by atoms with E-state index in [1.807, 2.05) is 50.2 Å². The van der Waals surface area contributed by atoms with Gasteiger partial charge < -0.3 is 4.74 Å². The van der Waals surface area contributed by atoms with Gasteiger partial charge in [0.05, 0.1) is 10.7 Å². The van der Waals surface area contributed by atoms with Crippen LogP contribution in [0.25, 0.3) is 16.8 Å². The number of nitrogens with zero attached hydrogens (tertiary/aromatic N) is 5. The second-order valence-electron chi connectivity index (χ2n) is 6.99. The van der Waals surface area contributed by atoms with Crippen molar-refractivity contribution in [1.29, 1.82) is 0 Å². The average Bonchev–Trinajstić information content (AvgIpc) is 3.06. The van der Waals surface area contributed by atoms with Crippen LogP contribution in [-0.4, -0.2) is 24.8 Å². The number of tetrazole rings is 1. The molecule has 30 heavy (non-hydrogen) atoms. The van der Waals surface area contributed by atoms with Crippen molar-refractivity contribution in [2.45, 2.75) is 20.5 Å². The van der Waals surface area contributed by atoms with Crippen LogP contribution in [0.3, 0.4) is 0 Å². The minimum atomic E-state index is -0.310. The van der Waals surface area contributed by atoms with Crippen LogP contribution in [0, 0.1) is 13.8 Å². The van der Waals surface area contributed by atoms with Gasteiger partial charge in [0.1, 0.15) is 12.4 Å². The Balaban J connectivity index is 1.62. The molecule has 2 aromatic heterocycles. The maximum absolute atomic E-state index is 12.3. The lowest BCUT2D eigenvalue weighted by atomic mass is 10.0. The molecule has 0 radical (unpaired) electrons. The van der Waals surface area contributed by atoms with Gasteiger partial charge in [-0.1, -0.05) is 29.8 Å². The summed E-state index contributed by atoms with van der Waals surface area (Å²) >= 11 is 6.29. The van der Waals surface area contributed by atoms with Crippen molar-refractivity contribution in [2.75, 3.05) is 0 Å². The molecule has 152 valence electrons. The predicted molar refractivity (Wildman–Crippen MR) is 115 cm³/mol. The Bertz CT molecular complexity index is 1280. The summed E-state index contributed by atoms with van der Waals surface area (Å²) in [5, 5.41) is 8.41. The molecule has 0 unspecified atom stereocenters. The maximum Gasteiger partial charge on any atom is 0.368 e. The molecule has 0 saturated heterocycles. The second-order valence-corrected chi connectivity index (χ2v) is 7.40. The third-order valence-electron chi connectivity index (χ3n) is 4.96. The van der Waals surface area contributed by atoms with E-state index < -0.39 is 0 Å². The number of hydrogen-bond acceptors (Lipinski definition) is 5. The summed E-state index contributed by atoms with van der Waals surface area (Å²) < 4.78 is 8.59. The maximum atomic E-state index is 12.3. The van der Waals surface area contributed by atoms with Crippen LogP contribution in [-0.2, 0) is 13.7 Å². The molecule has 0 aliphatic rings. The Labute approximate surface area is 178 Å². The Kier molecular flexibility index (Phi) is 5.37. The molecule has 0 amide bonds. The molecular formula is C22H20ClN5O2. The fourth-order valence-corrected chi connectivity index (χ4v) is 3.47. The molecule has 2 heterocycles. The number of pyridine rings is 1. The lowest BCUT2D eigenvalue weighted by molar-refractivity contribution is 0.302. The molecule has 2 aromatic carbocycles. The highest BCUT2D eigenvalue weighted by Gasteiger charge is 2.14. The highest BCUT2D eigenvalue weighted by Crippen LogP contribution is 2.31. The number of aromatic nitrogens is 5. The molecule has 0 saturated carbocycles. The van der Waals surface area contributed by atoms with E-state index in [2.05, 4.69) is 15.4 Å². The van der Waals surface area contributed by atoms with Crippen LogP contribution in [0.15, 0.2) is 59.7 Å². The van der Waals surface area contributed by atoms with Gasteiger partial charge >= 0.3 is 5.69 Å². The first kappa shape index (κ1) is 19.8.